The number of nitrogens with zero attached hydrogens (tertiary/aromatic N) is 1. The lowest BCUT2D eigenvalue weighted by atomic mass is 10.1. The Kier molecular flexibility index (Phi) is 21.4. The number of carboxylic acid groups (broad SMARTS) is 1. The molecule has 210 valence electrons. The summed E-state index contributed by atoms with van der Waals surface area (Å²) >= 11 is 0. The van der Waals surface area contributed by atoms with Crippen LogP contribution < -0.4 is 0 Å². The van der Waals surface area contributed by atoms with Gasteiger partial charge in [-0.2, -0.15) is 0 Å². The zero-order valence-electron chi connectivity index (χ0n) is 23.5. The normalized spacial score (nSPS) is 13.9. The number of carboxylic acids is 1. The number of aliphatic hydroxyl groups excluding tert-OH is 1. The molecule has 7 nitrogen and oxygen atoms in total. The maximum Gasteiger partial charge on any atom is 0.362 e. The van der Waals surface area contributed by atoms with Crippen LogP contribution in [0.2, 0.25) is 0 Å². The van der Waals surface area contributed by atoms with Gasteiger partial charge in [0.2, 0.25) is 0 Å². The summed E-state index contributed by atoms with van der Waals surface area (Å²) in [5, 5.41) is 19.2. The molecule has 2 atom stereocenters. The highest BCUT2D eigenvalue weighted by Crippen LogP contribution is 2.10. The molecule has 0 aromatic carbocycles. The first-order valence-electron chi connectivity index (χ1n) is 14.0. The number of ether oxygens (including phenoxy) is 2. The van der Waals surface area contributed by atoms with Crippen molar-refractivity contribution < 1.29 is 33.8 Å². The first kappa shape index (κ1) is 34.3. The number of hydrogen-bond acceptors (Lipinski definition) is 5. The molecule has 0 amide bonds. The van der Waals surface area contributed by atoms with Crippen LogP contribution in [0.15, 0.2) is 24.3 Å². The van der Waals surface area contributed by atoms with Gasteiger partial charge in [0, 0.05) is 12.8 Å². The number of carbonyl (C=O) groups excluding carboxylic acids is 1. The van der Waals surface area contributed by atoms with Gasteiger partial charge in [-0.3, -0.25) is 4.79 Å². The molecule has 0 aliphatic rings. The van der Waals surface area contributed by atoms with E-state index in [9.17, 15) is 19.8 Å². The number of quaternary nitrogens is 1. The Morgan fingerprint density at radius 1 is 0.833 bits per heavy atom. The number of aliphatic carboxylic acids is 1. The highest BCUT2D eigenvalue weighted by atomic mass is 16.5. The van der Waals surface area contributed by atoms with Gasteiger partial charge < -0.3 is 24.2 Å². The van der Waals surface area contributed by atoms with Crippen molar-refractivity contribution in [2.24, 2.45) is 0 Å². The fourth-order valence-corrected chi connectivity index (χ4v) is 3.84. The second kappa shape index (κ2) is 22.5. The number of esters is 1. The van der Waals surface area contributed by atoms with Crippen LogP contribution in [0.4, 0.5) is 0 Å². The van der Waals surface area contributed by atoms with Crippen LogP contribution in [0, 0.1) is 0 Å². The largest absolute Gasteiger partial charge is 0.477 e. The predicted octanol–water partition coefficient (Wildman–Crippen LogP) is 5.66. The molecule has 0 aliphatic heterocycles. The molecule has 0 aromatic heterocycles. The SMILES string of the molecule is CCCCCCCCC/C=C/C=C/CCCCCC(=O)OCC(O)COCCC(C(=O)O)[N+](C)(C)C. The summed E-state index contributed by atoms with van der Waals surface area (Å²) in [6.07, 6.45) is 22.8. The van der Waals surface area contributed by atoms with Crippen molar-refractivity contribution in [1.82, 2.24) is 0 Å². The third kappa shape index (κ3) is 21.6. The highest BCUT2D eigenvalue weighted by Gasteiger charge is 2.30. The van der Waals surface area contributed by atoms with Gasteiger partial charge in [-0.25, -0.2) is 4.79 Å². The van der Waals surface area contributed by atoms with Crippen molar-refractivity contribution in [3.8, 4) is 0 Å². The first-order chi connectivity index (χ1) is 17.2. The summed E-state index contributed by atoms with van der Waals surface area (Å²) in [6.45, 7) is 2.38. The Bertz CT molecular complexity index is 611. The zero-order chi connectivity index (χ0) is 27.1. The van der Waals surface area contributed by atoms with Crippen molar-refractivity contribution in [3.05, 3.63) is 24.3 Å². The van der Waals surface area contributed by atoms with Gasteiger partial charge >= 0.3 is 11.9 Å². The Labute approximate surface area is 220 Å². The van der Waals surface area contributed by atoms with Crippen LogP contribution in [-0.2, 0) is 19.1 Å². The monoisotopic (exact) mass is 512 g/mol. The van der Waals surface area contributed by atoms with E-state index in [1.54, 1.807) is 0 Å². The van der Waals surface area contributed by atoms with E-state index in [1.807, 2.05) is 21.1 Å². The molecule has 2 unspecified atom stereocenters. The van der Waals surface area contributed by atoms with E-state index >= 15 is 0 Å². The fraction of sp³-hybridized carbons (Fsp3) is 0.793. The highest BCUT2D eigenvalue weighted by molar-refractivity contribution is 5.72. The first-order valence-corrected chi connectivity index (χ1v) is 14.0. The molecule has 0 rings (SSSR count). The lowest BCUT2D eigenvalue weighted by molar-refractivity contribution is -0.887. The second-order valence-electron chi connectivity index (χ2n) is 10.5. The number of rotatable bonds is 24. The molecule has 36 heavy (non-hydrogen) atoms. The third-order valence-corrected chi connectivity index (χ3v) is 6.11. The molecule has 0 aromatic rings. The van der Waals surface area contributed by atoms with Gasteiger partial charge in [0.1, 0.15) is 12.7 Å². The van der Waals surface area contributed by atoms with Crippen molar-refractivity contribution in [3.63, 3.8) is 0 Å². The quantitative estimate of drug-likeness (QED) is 0.0750. The second-order valence-corrected chi connectivity index (χ2v) is 10.5. The van der Waals surface area contributed by atoms with Crippen LogP contribution in [-0.4, -0.2) is 79.7 Å². The Balaban J connectivity index is 3.63. The minimum absolute atomic E-state index is 0.0105. The summed E-state index contributed by atoms with van der Waals surface area (Å²) < 4.78 is 10.8. The molecule has 0 radical (unpaired) electrons. The molecule has 7 heteroatoms. The number of aliphatic hydroxyl groups is 1. The van der Waals surface area contributed by atoms with Crippen LogP contribution >= 0.6 is 0 Å². The van der Waals surface area contributed by atoms with E-state index in [-0.39, 0.29) is 25.8 Å². The van der Waals surface area contributed by atoms with E-state index in [2.05, 4.69) is 31.2 Å². The van der Waals surface area contributed by atoms with Gasteiger partial charge in [0.15, 0.2) is 6.04 Å². The predicted molar refractivity (Wildman–Crippen MR) is 146 cm³/mol. The van der Waals surface area contributed by atoms with E-state index in [0.717, 1.165) is 32.1 Å². The third-order valence-electron chi connectivity index (χ3n) is 6.11. The lowest BCUT2D eigenvalue weighted by Gasteiger charge is -2.31. The van der Waals surface area contributed by atoms with Gasteiger partial charge in [0.05, 0.1) is 34.4 Å². The van der Waals surface area contributed by atoms with Gasteiger partial charge in [-0.1, -0.05) is 76.2 Å². The number of unbranched alkanes of at least 4 members (excludes halogenated alkanes) is 10. The number of hydrogen-bond donors (Lipinski definition) is 2. The van der Waals surface area contributed by atoms with Crippen LogP contribution in [0.5, 0.6) is 0 Å². The van der Waals surface area contributed by atoms with E-state index in [1.165, 1.54) is 44.9 Å². The van der Waals surface area contributed by atoms with Gasteiger partial charge in [0.25, 0.3) is 0 Å². The molecule has 0 saturated carbocycles. The summed E-state index contributed by atoms with van der Waals surface area (Å²) in [4.78, 5) is 23.2. The Morgan fingerprint density at radius 2 is 1.39 bits per heavy atom. The topological polar surface area (TPSA) is 93.1 Å². The van der Waals surface area contributed by atoms with Crippen molar-refractivity contribution >= 4 is 11.9 Å². The van der Waals surface area contributed by atoms with E-state index in [0.29, 0.717) is 17.3 Å². The van der Waals surface area contributed by atoms with E-state index < -0.39 is 18.1 Å². The minimum atomic E-state index is -0.912. The molecule has 0 heterocycles. The minimum Gasteiger partial charge on any atom is -0.477 e. The number of allylic oxidation sites excluding steroid dienone is 4. The molecule has 0 aliphatic carbocycles. The molecule has 0 saturated heterocycles. The lowest BCUT2D eigenvalue weighted by Crippen LogP contribution is -2.50. The van der Waals surface area contributed by atoms with Crippen molar-refractivity contribution in [2.75, 3.05) is 41.0 Å². The van der Waals surface area contributed by atoms with Crippen LogP contribution in [0.25, 0.3) is 0 Å². The number of carbonyl (C=O) groups is 2. The average Bonchev–Trinajstić information content (AvgIpc) is 2.81. The van der Waals surface area contributed by atoms with Crippen molar-refractivity contribution in [1.29, 1.82) is 0 Å². The fourth-order valence-electron chi connectivity index (χ4n) is 3.84. The Morgan fingerprint density at radius 3 is 1.94 bits per heavy atom. The van der Waals surface area contributed by atoms with Gasteiger partial charge in [-0.05, 0) is 32.1 Å². The molecular formula is C29H54NO6+. The van der Waals surface area contributed by atoms with Gasteiger partial charge in [-0.15, -0.1) is 0 Å². The maximum absolute atomic E-state index is 11.8. The molecule has 0 spiro atoms. The molecule has 0 fully saturated rings. The summed E-state index contributed by atoms with van der Waals surface area (Å²) in [6, 6.07) is -0.577. The number of likely N-dealkylation sites (N-methyl/N-ethyl adjacent to an activating group) is 1. The van der Waals surface area contributed by atoms with Crippen LogP contribution in [0.3, 0.4) is 0 Å². The van der Waals surface area contributed by atoms with Crippen LogP contribution in [0.1, 0.15) is 96.8 Å². The smallest absolute Gasteiger partial charge is 0.362 e. The standard InChI is InChI=1S/C29H53NO6/c1-5-6-7-8-9-10-11-12-13-14-15-16-17-18-19-20-21-28(32)36-25-26(31)24-35-23-22-27(29(33)34)30(2,3)4/h13-16,26-27,31H,5-12,17-25H2,1-4H3/p+1/b14-13+,16-15+. The molecule has 0 bridgehead atoms. The maximum atomic E-state index is 11.8. The Hall–Kier alpha value is -1.70. The average molecular weight is 513 g/mol. The molecule has 2 N–H and O–H groups in total. The van der Waals surface area contributed by atoms with Crippen molar-refractivity contribution in [2.45, 2.75) is 109 Å². The molecular weight excluding hydrogens is 458 g/mol. The zero-order valence-corrected chi connectivity index (χ0v) is 23.5. The summed E-state index contributed by atoms with van der Waals surface area (Å²) in [5.41, 5.74) is 0. The summed E-state index contributed by atoms with van der Waals surface area (Å²) in [7, 11) is 5.46. The van der Waals surface area contributed by atoms with E-state index in [4.69, 9.17) is 9.47 Å². The summed E-state index contributed by atoms with van der Waals surface area (Å²) in [5.74, 6) is -1.18.